The number of ether oxygens (including phenoxy) is 1. The molecule has 5 heteroatoms. The minimum absolute atomic E-state index is 0.161. The van der Waals surface area contributed by atoms with Gasteiger partial charge in [-0.25, -0.2) is 4.98 Å². The van der Waals surface area contributed by atoms with Crippen LogP contribution in [0.2, 0.25) is 0 Å². The molecule has 0 fully saturated rings. The summed E-state index contributed by atoms with van der Waals surface area (Å²) in [5, 5.41) is 6.13. The van der Waals surface area contributed by atoms with Crippen LogP contribution < -0.4 is 15.4 Å². The van der Waals surface area contributed by atoms with Gasteiger partial charge in [0.25, 0.3) is 5.91 Å². The summed E-state index contributed by atoms with van der Waals surface area (Å²) in [7, 11) is 1.67. The Hall–Kier alpha value is -3.34. The van der Waals surface area contributed by atoms with E-state index in [1.807, 2.05) is 54.6 Å². The molecule has 0 saturated carbocycles. The number of hydrogen-bond donors (Lipinski definition) is 2. The van der Waals surface area contributed by atoms with Crippen molar-refractivity contribution < 1.29 is 9.53 Å². The summed E-state index contributed by atoms with van der Waals surface area (Å²) in [5.41, 5.74) is 2.45. The molecule has 5 nitrogen and oxygen atoms in total. The summed E-state index contributed by atoms with van der Waals surface area (Å²) < 4.78 is 5.36. The second-order valence-electron chi connectivity index (χ2n) is 5.74. The molecular weight excluding hydrogens is 326 g/mol. The fourth-order valence-corrected chi connectivity index (χ4v) is 2.63. The van der Waals surface area contributed by atoms with Crippen LogP contribution in [0.25, 0.3) is 0 Å². The number of anilines is 2. The van der Waals surface area contributed by atoms with Crippen molar-refractivity contribution in [3.05, 3.63) is 84.1 Å². The van der Waals surface area contributed by atoms with Crippen LogP contribution in [0.1, 0.15) is 15.9 Å². The highest BCUT2D eigenvalue weighted by atomic mass is 16.5. The first-order valence-electron chi connectivity index (χ1n) is 8.44. The van der Waals surface area contributed by atoms with E-state index in [9.17, 15) is 4.79 Å². The van der Waals surface area contributed by atoms with Crippen molar-refractivity contribution in [1.82, 2.24) is 4.98 Å². The normalized spacial score (nSPS) is 10.2. The molecule has 0 unspecified atom stereocenters. The lowest BCUT2D eigenvalue weighted by Crippen LogP contribution is -2.13. The van der Waals surface area contributed by atoms with Crippen molar-refractivity contribution >= 4 is 17.4 Å². The predicted octanol–water partition coefficient (Wildman–Crippen LogP) is 4.00. The Morgan fingerprint density at radius 2 is 1.81 bits per heavy atom. The van der Waals surface area contributed by atoms with Crippen LogP contribution in [-0.2, 0) is 6.42 Å². The Morgan fingerprint density at radius 3 is 2.62 bits per heavy atom. The van der Waals surface area contributed by atoms with Crippen LogP contribution in [0.15, 0.2) is 72.9 Å². The van der Waals surface area contributed by atoms with Crippen molar-refractivity contribution in [1.29, 1.82) is 0 Å². The summed E-state index contributed by atoms with van der Waals surface area (Å²) in [6.45, 7) is 0.692. The zero-order valence-electron chi connectivity index (χ0n) is 14.6. The molecule has 0 aliphatic heterocycles. The van der Waals surface area contributed by atoms with Crippen LogP contribution in [0.5, 0.6) is 5.75 Å². The maximum Gasteiger partial charge on any atom is 0.255 e. The number of nitrogens with one attached hydrogen (secondary N) is 2. The molecule has 1 amide bonds. The van der Waals surface area contributed by atoms with Crippen molar-refractivity contribution in [2.75, 3.05) is 24.3 Å². The summed E-state index contributed by atoms with van der Waals surface area (Å²) in [4.78, 5) is 16.6. The van der Waals surface area contributed by atoms with E-state index in [-0.39, 0.29) is 5.91 Å². The van der Waals surface area contributed by atoms with Gasteiger partial charge in [-0.3, -0.25) is 4.79 Å². The quantitative estimate of drug-likeness (QED) is 0.678. The molecule has 3 rings (SSSR count). The first kappa shape index (κ1) is 17.5. The highest BCUT2D eigenvalue weighted by molar-refractivity contribution is 6.04. The van der Waals surface area contributed by atoms with Crippen LogP contribution in [-0.4, -0.2) is 24.5 Å². The number of methoxy groups -OCH3 is 1. The van der Waals surface area contributed by atoms with E-state index in [1.54, 1.807) is 25.4 Å². The molecule has 1 heterocycles. The molecule has 0 aliphatic rings. The zero-order chi connectivity index (χ0) is 18.2. The molecule has 0 spiro atoms. The van der Waals surface area contributed by atoms with Crippen molar-refractivity contribution in [2.24, 2.45) is 0 Å². The number of pyridine rings is 1. The summed E-state index contributed by atoms with van der Waals surface area (Å²) in [6, 6.07) is 20.8. The lowest BCUT2D eigenvalue weighted by molar-refractivity contribution is 0.102. The van der Waals surface area contributed by atoms with Gasteiger partial charge in [-0.15, -0.1) is 0 Å². The minimum atomic E-state index is -0.161. The molecule has 2 N–H and O–H groups in total. The van der Waals surface area contributed by atoms with Crippen molar-refractivity contribution in [3.8, 4) is 5.75 Å². The van der Waals surface area contributed by atoms with Gasteiger partial charge >= 0.3 is 0 Å². The molecule has 0 radical (unpaired) electrons. The van der Waals surface area contributed by atoms with E-state index >= 15 is 0 Å². The standard InChI is InChI=1S/C21H21N3O2/c1-26-19-10-6-5-7-16(19)11-13-22-20-15-17(12-14-23-20)21(25)24-18-8-3-2-4-9-18/h2-10,12,14-15H,11,13H2,1H3,(H,22,23)(H,24,25). The van der Waals surface area contributed by atoms with Gasteiger partial charge in [0, 0.05) is 24.0 Å². The number of aromatic nitrogens is 1. The van der Waals surface area contributed by atoms with Gasteiger partial charge in [-0.2, -0.15) is 0 Å². The van der Waals surface area contributed by atoms with Crippen LogP contribution in [0.4, 0.5) is 11.5 Å². The average Bonchev–Trinajstić information content (AvgIpc) is 2.69. The number of para-hydroxylation sites is 2. The topological polar surface area (TPSA) is 63.2 Å². The number of nitrogens with zero attached hydrogens (tertiary/aromatic N) is 1. The van der Waals surface area contributed by atoms with Crippen molar-refractivity contribution in [3.63, 3.8) is 0 Å². The molecule has 2 aromatic carbocycles. The fraction of sp³-hybridized carbons (Fsp3) is 0.143. The monoisotopic (exact) mass is 347 g/mol. The van der Waals surface area contributed by atoms with Gasteiger partial charge in [0.1, 0.15) is 11.6 Å². The van der Waals surface area contributed by atoms with Gasteiger partial charge in [0.2, 0.25) is 0 Å². The van der Waals surface area contributed by atoms with E-state index in [4.69, 9.17) is 4.74 Å². The number of hydrogen-bond acceptors (Lipinski definition) is 4. The van der Waals surface area contributed by atoms with Gasteiger partial charge < -0.3 is 15.4 Å². The van der Waals surface area contributed by atoms with Crippen molar-refractivity contribution in [2.45, 2.75) is 6.42 Å². The van der Waals surface area contributed by atoms with E-state index in [2.05, 4.69) is 15.6 Å². The van der Waals surface area contributed by atoms with Gasteiger partial charge in [-0.1, -0.05) is 36.4 Å². The lowest BCUT2D eigenvalue weighted by Gasteiger charge is -2.10. The minimum Gasteiger partial charge on any atom is -0.496 e. The Labute approximate surface area is 153 Å². The Bertz CT molecular complexity index is 866. The molecule has 0 atom stereocenters. The smallest absolute Gasteiger partial charge is 0.255 e. The second-order valence-corrected chi connectivity index (χ2v) is 5.74. The molecule has 0 bridgehead atoms. The molecule has 0 aliphatic carbocycles. The molecule has 26 heavy (non-hydrogen) atoms. The van der Waals surface area contributed by atoms with Gasteiger partial charge in [0.15, 0.2) is 0 Å². The number of benzene rings is 2. The first-order chi connectivity index (χ1) is 12.8. The average molecular weight is 347 g/mol. The third kappa shape index (κ3) is 4.60. The third-order valence-corrected chi connectivity index (χ3v) is 3.95. The maximum absolute atomic E-state index is 12.4. The van der Waals surface area contributed by atoms with Gasteiger partial charge in [0.05, 0.1) is 7.11 Å². The number of carbonyl (C=O) groups excluding carboxylic acids is 1. The van der Waals surface area contributed by atoms with Crippen LogP contribution in [0, 0.1) is 0 Å². The summed E-state index contributed by atoms with van der Waals surface area (Å²) in [5.74, 6) is 1.38. The Kier molecular flexibility index (Phi) is 5.83. The third-order valence-electron chi connectivity index (χ3n) is 3.95. The van der Waals surface area contributed by atoms with E-state index < -0.39 is 0 Å². The van der Waals surface area contributed by atoms with Gasteiger partial charge in [-0.05, 0) is 42.3 Å². The van der Waals surface area contributed by atoms with Crippen LogP contribution in [0.3, 0.4) is 0 Å². The lowest BCUT2D eigenvalue weighted by atomic mass is 10.1. The number of amides is 1. The molecule has 3 aromatic rings. The number of rotatable bonds is 7. The number of carbonyl (C=O) groups is 1. The molecule has 132 valence electrons. The Morgan fingerprint density at radius 1 is 1.04 bits per heavy atom. The highest BCUT2D eigenvalue weighted by Gasteiger charge is 2.08. The summed E-state index contributed by atoms with van der Waals surface area (Å²) in [6.07, 6.45) is 2.43. The zero-order valence-corrected chi connectivity index (χ0v) is 14.6. The van der Waals surface area contributed by atoms with E-state index in [0.29, 0.717) is 17.9 Å². The SMILES string of the molecule is COc1ccccc1CCNc1cc(C(=O)Nc2ccccc2)ccn1. The fourth-order valence-electron chi connectivity index (χ4n) is 2.63. The maximum atomic E-state index is 12.4. The molecular formula is C21H21N3O2. The van der Waals surface area contributed by atoms with Crippen LogP contribution >= 0.6 is 0 Å². The molecule has 0 saturated heterocycles. The Balaban J connectivity index is 1.59. The largest absolute Gasteiger partial charge is 0.496 e. The summed E-state index contributed by atoms with van der Waals surface area (Å²) >= 11 is 0. The highest BCUT2D eigenvalue weighted by Crippen LogP contribution is 2.18. The van der Waals surface area contributed by atoms with E-state index in [0.717, 1.165) is 23.4 Å². The molecule has 1 aromatic heterocycles. The first-order valence-corrected chi connectivity index (χ1v) is 8.44. The van der Waals surface area contributed by atoms with E-state index in [1.165, 1.54) is 0 Å². The second kappa shape index (κ2) is 8.67. The predicted molar refractivity (Wildman–Crippen MR) is 104 cm³/mol.